The van der Waals surface area contributed by atoms with Crippen molar-refractivity contribution in [2.45, 2.75) is 13.3 Å². The van der Waals surface area contributed by atoms with Crippen LogP contribution in [0.4, 0.5) is 13.2 Å². The summed E-state index contributed by atoms with van der Waals surface area (Å²) in [7, 11) is 0. The molecule has 0 amide bonds. The van der Waals surface area contributed by atoms with E-state index in [1.54, 1.807) is 0 Å². The quantitative estimate of drug-likeness (QED) is 0.856. The lowest BCUT2D eigenvalue weighted by atomic mass is 10.1. The minimum absolute atomic E-state index is 0.0138. The Labute approximate surface area is 105 Å². The summed E-state index contributed by atoms with van der Waals surface area (Å²) in [6.07, 6.45) is -5.10. The molecule has 0 aliphatic carbocycles. The highest BCUT2D eigenvalue weighted by Gasteiger charge is 2.35. The standard InChI is InChI=1S/C11H8F3NO4/c1-2-18-10(17)6-3-4-8(16)9(7(6)5-15)19-11(12,13)14/h3-4,16H,2H2,1H3. The van der Waals surface area contributed by atoms with Crippen molar-refractivity contribution in [2.75, 3.05) is 6.61 Å². The Morgan fingerprint density at radius 3 is 2.58 bits per heavy atom. The average molecular weight is 275 g/mol. The second kappa shape index (κ2) is 5.48. The van der Waals surface area contributed by atoms with Crippen LogP contribution in [-0.4, -0.2) is 24.0 Å². The molecule has 0 aromatic heterocycles. The average Bonchev–Trinajstić information content (AvgIpc) is 2.30. The number of ether oxygens (including phenoxy) is 2. The molecule has 1 N–H and O–H groups in total. The van der Waals surface area contributed by atoms with Crippen molar-refractivity contribution in [3.8, 4) is 17.6 Å². The number of rotatable bonds is 3. The van der Waals surface area contributed by atoms with Gasteiger partial charge in [0.2, 0.25) is 0 Å². The molecule has 1 aromatic carbocycles. The van der Waals surface area contributed by atoms with Crippen LogP contribution in [0, 0.1) is 11.3 Å². The molecule has 102 valence electrons. The fraction of sp³-hybridized carbons (Fsp3) is 0.273. The van der Waals surface area contributed by atoms with Crippen LogP contribution in [0.3, 0.4) is 0 Å². The zero-order chi connectivity index (χ0) is 14.6. The Morgan fingerprint density at radius 2 is 2.11 bits per heavy atom. The molecule has 0 saturated carbocycles. The van der Waals surface area contributed by atoms with Crippen molar-refractivity contribution in [3.63, 3.8) is 0 Å². The first-order valence-corrected chi connectivity index (χ1v) is 4.99. The molecule has 1 aromatic rings. The highest BCUT2D eigenvalue weighted by Crippen LogP contribution is 2.36. The van der Waals surface area contributed by atoms with Crippen LogP contribution in [0.5, 0.6) is 11.5 Å². The van der Waals surface area contributed by atoms with E-state index < -0.39 is 35.0 Å². The van der Waals surface area contributed by atoms with Gasteiger partial charge in [0, 0.05) is 0 Å². The molecule has 19 heavy (non-hydrogen) atoms. The van der Waals surface area contributed by atoms with E-state index in [4.69, 9.17) is 5.26 Å². The van der Waals surface area contributed by atoms with E-state index >= 15 is 0 Å². The summed E-state index contributed by atoms with van der Waals surface area (Å²) in [5.74, 6) is -3.01. The molecule has 0 unspecified atom stereocenters. The third-order valence-corrected chi connectivity index (χ3v) is 1.96. The normalized spacial score (nSPS) is 10.7. The monoisotopic (exact) mass is 275 g/mol. The summed E-state index contributed by atoms with van der Waals surface area (Å²) in [5, 5.41) is 18.1. The summed E-state index contributed by atoms with van der Waals surface area (Å²) in [5.41, 5.74) is -1.16. The molecule has 0 saturated heterocycles. The number of aromatic hydroxyl groups is 1. The van der Waals surface area contributed by atoms with Crippen LogP contribution in [0.15, 0.2) is 12.1 Å². The SMILES string of the molecule is CCOC(=O)c1ccc(O)c(OC(F)(F)F)c1C#N. The molecule has 0 aliphatic heterocycles. The van der Waals surface area contributed by atoms with E-state index in [2.05, 4.69) is 9.47 Å². The maximum atomic E-state index is 12.2. The minimum atomic E-state index is -5.10. The molecular weight excluding hydrogens is 267 g/mol. The van der Waals surface area contributed by atoms with Gasteiger partial charge < -0.3 is 14.6 Å². The van der Waals surface area contributed by atoms with Gasteiger partial charge in [-0.15, -0.1) is 13.2 Å². The summed E-state index contributed by atoms with van der Waals surface area (Å²) in [4.78, 5) is 11.5. The molecule has 0 spiro atoms. The first-order chi connectivity index (χ1) is 8.80. The van der Waals surface area contributed by atoms with Gasteiger partial charge in [0.05, 0.1) is 12.2 Å². The van der Waals surface area contributed by atoms with E-state index in [1.165, 1.54) is 13.0 Å². The van der Waals surface area contributed by atoms with Crippen molar-refractivity contribution in [1.29, 1.82) is 5.26 Å². The Bertz CT molecular complexity index is 534. The fourth-order valence-electron chi connectivity index (χ4n) is 1.28. The number of carbonyl (C=O) groups is 1. The topological polar surface area (TPSA) is 79.6 Å². The first-order valence-electron chi connectivity index (χ1n) is 4.99. The second-order valence-electron chi connectivity index (χ2n) is 3.22. The number of phenols is 1. The van der Waals surface area contributed by atoms with Crippen LogP contribution in [0.2, 0.25) is 0 Å². The molecule has 8 heteroatoms. The number of nitriles is 1. The predicted octanol–water partition coefficient (Wildman–Crippen LogP) is 2.34. The largest absolute Gasteiger partial charge is 0.573 e. The van der Waals surface area contributed by atoms with Crippen LogP contribution >= 0.6 is 0 Å². The van der Waals surface area contributed by atoms with Gasteiger partial charge >= 0.3 is 12.3 Å². The number of benzene rings is 1. The van der Waals surface area contributed by atoms with Crippen molar-refractivity contribution < 1.29 is 32.5 Å². The molecule has 0 bridgehead atoms. The second-order valence-corrected chi connectivity index (χ2v) is 3.22. The van der Waals surface area contributed by atoms with Crippen LogP contribution in [-0.2, 0) is 4.74 Å². The van der Waals surface area contributed by atoms with Gasteiger partial charge in [-0.1, -0.05) is 0 Å². The minimum Gasteiger partial charge on any atom is -0.504 e. The molecule has 5 nitrogen and oxygen atoms in total. The van der Waals surface area contributed by atoms with E-state index in [-0.39, 0.29) is 6.61 Å². The molecule has 0 aliphatic rings. The smallest absolute Gasteiger partial charge is 0.504 e. The Morgan fingerprint density at radius 1 is 1.47 bits per heavy atom. The number of phenolic OH excluding ortho intramolecular Hbond substituents is 1. The predicted molar refractivity (Wildman–Crippen MR) is 55.5 cm³/mol. The number of alkyl halides is 3. The van der Waals surface area contributed by atoms with Gasteiger partial charge in [-0.3, -0.25) is 0 Å². The number of esters is 1. The highest BCUT2D eigenvalue weighted by molar-refractivity contribution is 5.93. The molecule has 1 rings (SSSR count). The highest BCUT2D eigenvalue weighted by atomic mass is 19.4. The van der Waals surface area contributed by atoms with Crippen LogP contribution < -0.4 is 4.74 Å². The number of nitrogens with zero attached hydrogens (tertiary/aromatic N) is 1. The van der Waals surface area contributed by atoms with Crippen molar-refractivity contribution in [3.05, 3.63) is 23.3 Å². The third kappa shape index (κ3) is 3.51. The maximum Gasteiger partial charge on any atom is 0.573 e. The molecular formula is C11H8F3NO4. The first kappa shape index (κ1) is 14.6. The molecule has 0 fully saturated rings. The van der Waals surface area contributed by atoms with Gasteiger partial charge in [-0.2, -0.15) is 5.26 Å². The lowest BCUT2D eigenvalue weighted by molar-refractivity contribution is -0.275. The third-order valence-electron chi connectivity index (χ3n) is 1.96. The van der Waals surface area contributed by atoms with Crippen LogP contribution in [0.25, 0.3) is 0 Å². The van der Waals surface area contributed by atoms with Gasteiger partial charge in [0.1, 0.15) is 11.6 Å². The molecule has 0 heterocycles. The molecule has 0 radical (unpaired) electrons. The van der Waals surface area contributed by atoms with E-state index in [0.717, 1.165) is 12.1 Å². The summed E-state index contributed by atoms with van der Waals surface area (Å²) >= 11 is 0. The maximum absolute atomic E-state index is 12.2. The van der Waals surface area contributed by atoms with Gasteiger partial charge in [-0.25, -0.2) is 4.79 Å². The van der Waals surface area contributed by atoms with Gasteiger partial charge in [0.25, 0.3) is 0 Å². The van der Waals surface area contributed by atoms with Gasteiger partial charge in [-0.05, 0) is 19.1 Å². The number of carbonyl (C=O) groups excluding carboxylic acids is 1. The summed E-state index contributed by atoms with van der Waals surface area (Å²) in [6, 6.07) is 3.18. The van der Waals surface area contributed by atoms with E-state index in [0.29, 0.717) is 0 Å². The molecule has 0 atom stereocenters. The zero-order valence-corrected chi connectivity index (χ0v) is 9.61. The van der Waals surface area contributed by atoms with E-state index in [9.17, 15) is 23.1 Å². The number of halogens is 3. The van der Waals surface area contributed by atoms with Crippen molar-refractivity contribution in [1.82, 2.24) is 0 Å². The Hall–Kier alpha value is -2.43. The fourth-order valence-corrected chi connectivity index (χ4v) is 1.28. The number of hydrogen-bond donors (Lipinski definition) is 1. The van der Waals surface area contributed by atoms with Crippen molar-refractivity contribution in [2.24, 2.45) is 0 Å². The Balaban J connectivity index is 3.34. The van der Waals surface area contributed by atoms with Crippen LogP contribution in [0.1, 0.15) is 22.8 Å². The Kier molecular flexibility index (Phi) is 4.22. The van der Waals surface area contributed by atoms with E-state index in [1.807, 2.05) is 0 Å². The number of hydrogen-bond acceptors (Lipinski definition) is 5. The van der Waals surface area contributed by atoms with Crippen molar-refractivity contribution >= 4 is 5.97 Å². The lowest BCUT2D eigenvalue weighted by Crippen LogP contribution is -2.19. The van der Waals surface area contributed by atoms with Gasteiger partial charge in [0.15, 0.2) is 11.5 Å². The zero-order valence-electron chi connectivity index (χ0n) is 9.61. The summed E-state index contributed by atoms with van der Waals surface area (Å²) < 4.78 is 44.6. The lowest BCUT2D eigenvalue weighted by Gasteiger charge is -2.13. The summed E-state index contributed by atoms with van der Waals surface area (Å²) in [6.45, 7) is 1.48.